The monoisotopic (exact) mass is 277 g/mol. The maximum Gasteiger partial charge on any atom is 0.335 e. The Balaban J connectivity index is 1.76. The molecule has 1 aliphatic carbocycles. The number of aromatic carboxylic acids is 1. The molecule has 1 saturated carbocycles. The van der Waals surface area contributed by atoms with Crippen LogP contribution >= 0.6 is 0 Å². The molecular formula is C15H19NO4. The molecule has 1 fully saturated rings. The van der Waals surface area contributed by atoms with Crippen LogP contribution in [0.4, 0.5) is 5.69 Å². The molecule has 1 amide bonds. The maximum absolute atomic E-state index is 11.8. The van der Waals surface area contributed by atoms with Crippen molar-refractivity contribution >= 4 is 17.6 Å². The molecule has 1 aromatic carbocycles. The molecule has 5 nitrogen and oxygen atoms in total. The van der Waals surface area contributed by atoms with Crippen molar-refractivity contribution in [2.24, 2.45) is 5.92 Å². The molecule has 0 spiro atoms. The van der Waals surface area contributed by atoms with Gasteiger partial charge in [0.1, 0.15) is 0 Å². The van der Waals surface area contributed by atoms with Gasteiger partial charge in [-0.2, -0.15) is 0 Å². The van der Waals surface area contributed by atoms with E-state index in [1.165, 1.54) is 12.1 Å². The number of ether oxygens (including phenoxy) is 1. The molecule has 0 saturated heterocycles. The third kappa shape index (κ3) is 3.81. The van der Waals surface area contributed by atoms with Crippen LogP contribution in [0.1, 0.15) is 36.5 Å². The van der Waals surface area contributed by atoms with E-state index in [4.69, 9.17) is 9.84 Å². The number of rotatable bonds is 6. The van der Waals surface area contributed by atoms with Crippen molar-refractivity contribution < 1.29 is 19.4 Å². The smallest absolute Gasteiger partial charge is 0.335 e. The Labute approximate surface area is 117 Å². The first-order valence-corrected chi connectivity index (χ1v) is 6.83. The van der Waals surface area contributed by atoms with E-state index >= 15 is 0 Å². The summed E-state index contributed by atoms with van der Waals surface area (Å²) < 4.78 is 5.46. The van der Waals surface area contributed by atoms with Crippen LogP contribution in [-0.4, -0.2) is 29.7 Å². The minimum atomic E-state index is -0.973. The van der Waals surface area contributed by atoms with E-state index < -0.39 is 5.97 Å². The third-order valence-electron chi connectivity index (χ3n) is 3.48. The van der Waals surface area contributed by atoms with Crippen molar-refractivity contribution in [3.8, 4) is 0 Å². The lowest BCUT2D eigenvalue weighted by molar-refractivity contribution is -0.119. The van der Waals surface area contributed by atoms with Gasteiger partial charge in [0.05, 0.1) is 11.7 Å². The fourth-order valence-electron chi connectivity index (χ4n) is 2.38. The molecule has 0 heterocycles. The number of carbonyl (C=O) groups excluding carboxylic acids is 1. The summed E-state index contributed by atoms with van der Waals surface area (Å²) in [7, 11) is 0. The van der Waals surface area contributed by atoms with Crippen molar-refractivity contribution in [2.45, 2.75) is 32.3 Å². The predicted octanol–water partition coefficient (Wildman–Crippen LogP) is 2.53. The van der Waals surface area contributed by atoms with Crippen LogP contribution < -0.4 is 5.32 Å². The van der Waals surface area contributed by atoms with Gasteiger partial charge in [0.2, 0.25) is 5.91 Å². The lowest BCUT2D eigenvalue weighted by atomic mass is 9.80. The van der Waals surface area contributed by atoms with E-state index in [9.17, 15) is 9.59 Å². The number of hydrogen-bond donors (Lipinski definition) is 2. The van der Waals surface area contributed by atoms with Gasteiger partial charge in [-0.05, 0) is 49.9 Å². The molecule has 0 aromatic heterocycles. The molecule has 0 unspecified atom stereocenters. The van der Waals surface area contributed by atoms with E-state index in [-0.39, 0.29) is 11.5 Å². The molecule has 5 heteroatoms. The Bertz CT molecular complexity index is 477. The molecule has 1 aromatic rings. The van der Waals surface area contributed by atoms with Crippen molar-refractivity contribution in [3.63, 3.8) is 0 Å². The van der Waals surface area contributed by atoms with Crippen LogP contribution in [0.15, 0.2) is 24.3 Å². The Morgan fingerprint density at radius 3 is 2.50 bits per heavy atom. The van der Waals surface area contributed by atoms with Gasteiger partial charge in [-0.25, -0.2) is 4.79 Å². The summed E-state index contributed by atoms with van der Waals surface area (Å²) in [6.07, 6.45) is 2.69. The molecule has 0 bridgehead atoms. The average molecular weight is 277 g/mol. The van der Waals surface area contributed by atoms with Gasteiger partial charge < -0.3 is 15.2 Å². The first kappa shape index (κ1) is 14.5. The quantitative estimate of drug-likeness (QED) is 0.837. The number of carbonyl (C=O) groups is 2. The van der Waals surface area contributed by atoms with E-state index in [1.54, 1.807) is 12.1 Å². The molecule has 0 atom stereocenters. The number of carboxylic acid groups (broad SMARTS) is 1. The minimum Gasteiger partial charge on any atom is -0.478 e. The molecule has 2 N–H and O–H groups in total. The Hall–Kier alpha value is -1.88. The number of benzene rings is 1. The van der Waals surface area contributed by atoms with Crippen LogP contribution in [0.5, 0.6) is 0 Å². The van der Waals surface area contributed by atoms with Crippen LogP contribution in [-0.2, 0) is 9.53 Å². The van der Waals surface area contributed by atoms with E-state index in [2.05, 4.69) is 5.32 Å². The molecule has 108 valence electrons. The van der Waals surface area contributed by atoms with Crippen molar-refractivity contribution in [2.75, 3.05) is 11.9 Å². The lowest BCUT2D eigenvalue weighted by Crippen LogP contribution is -2.33. The summed E-state index contributed by atoms with van der Waals surface area (Å²) in [5.74, 6) is -0.614. The summed E-state index contributed by atoms with van der Waals surface area (Å²) in [5, 5.41) is 11.6. The highest BCUT2D eigenvalue weighted by Gasteiger charge is 2.30. The summed E-state index contributed by atoms with van der Waals surface area (Å²) in [6.45, 7) is 2.69. The fourth-order valence-corrected chi connectivity index (χ4v) is 2.38. The Kier molecular flexibility index (Phi) is 4.74. The second-order valence-electron chi connectivity index (χ2n) is 5.05. The van der Waals surface area contributed by atoms with Crippen molar-refractivity contribution in [3.05, 3.63) is 29.8 Å². The highest BCUT2D eigenvalue weighted by Crippen LogP contribution is 2.32. The average Bonchev–Trinajstić information content (AvgIpc) is 2.37. The SMILES string of the molecule is CCOC1CC(CC(=O)Nc2ccc(C(=O)O)cc2)C1. The zero-order chi connectivity index (χ0) is 14.5. The molecule has 0 radical (unpaired) electrons. The summed E-state index contributed by atoms with van der Waals surface area (Å²) in [6, 6.07) is 6.16. The van der Waals surface area contributed by atoms with Gasteiger partial charge in [0, 0.05) is 18.7 Å². The number of anilines is 1. The van der Waals surface area contributed by atoms with Gasteiger partial charge in [-0.15, -0.1) is 0 Å². The summed E-state index contributed by atoms with van der Waals surface area (Å²) in [4.78, 5) is 22.5. The van der Waals surface area contributed by atoms with Gasteiger partial charge >= 0.3 is 5.97 Å². The summed E-state index contributed by atoms with van der Waals surface area (Å²) >= 11 is 0. The van der Waals surface area contributed by atoms with Crippen LogP contribution in [0.2, 0.25) is 0 Å². The third-order valence-corrected chi connectivity index (χ3v) is 3.48. The van der Waals surface area contributed by atoms with Gasteiger partial charge in [0.15, 0.2) is 0 Å². The Morgan fingerprint density at radius 2 is 1.95 bits per heavy atom. The topological polar surface area (TPSA) is 75.6 Å². The van der Waals surface area contributed by atoms with E-state index in [1.807, 2.05) is 6.92 Å². The maximum atomic E-state index is 11.8. The van der Waals surface area contributed by atoms with E-state index in [0.717, 1.165) is 19.4 Å². The molecule has 1 aliphatic rings. The van der Waals surface area contributed by atoms with Crippen LogP contribution in [0, 0.1) is 5.92 Å². The van der Waals surface area contributed by atoms with Crippen molar-refractivity contribution in [1.82, 2.24) is 0 Å². The first-order chi connectivity index (χ1) is 9.58. The molecular weight excluding hydrogens is 258 g/mol. The van der Waals surface area contributed by atoms with Gasteiger partial charge in [-0.3, -0.25) is 4.79 Å². The molecule has 20 heavy (non-hydrogen) atoms. The zero-order valence-electron chi connectivity index (χ0n) is 11.5. The second-order valence-corrected chi connectivity index (χ2v) is 5.05. The number of nitrogens with one attached hydrogen (secondary N) is 1. The lowest BCUT2D eigenvalue weighted by Gasteiger charge is -2.34. The summed E-state index contributed by atoms with van der Waals surface area (Å²) in [5.41, 5.74) is 0.835. The zero-order valence-corrected chi connectivity index (χ0v) is 11.5. The number of carboxylic acids is 1. The van der Waals surface area contributed by atoms with Crippen LogP contribution in [0.25, 0.3) is 0 Å². The van der Waals surface area contributed by atoms with Gasteiger partial charge in [0.25, 0.3) is 0 Å². The largest absolute Gasteiger partial charge is 0.478 e. The highest BCUT2D eigenvalue weighted by molar-refractivity contribution is 5.92. The van der Waals surface area contributed by atoms with Crippen molar-refractivity contribution in [1.29, 1.82) is 0 Å². The first-order valence-electron chi connectivity index (χ1n) is 6.83. The van der Waals surface area contributed by atoms with Crippen LogP contribution in [0.3, 0.4) is 0 Å². The minimum absolute atomic E-state index is 0.0342. The number of amides is 1. The molecule has 2 rings (SSSR count). The number of hydrogen-bond acceptors (Lipinski definition) is 3. The standard InChI is InChI=1S/C15H19NO4/c1-2-20-13-7-10(8-13)9-14(17)16-12-5-3-11(4-6-12)15(18)19/h3-6,10,13H,2,7-9H2,1H3,(H,16,17)(H,18,19). The van der Waals surface area contributed by atoms with E-state index in [0.29, 0.717) is 24.1 Å². The second kappa shape index (κ2) is 6.52. The normalized spacial score (nSPS) is 21.1. The predicted molar refractivity (Wildman–Crippen MR) is 74.8 cm³/mol. The fraction of sp³-hybridized carbons (Fsp3) is 0.467. The molecule has 0 aliphatic heterocycles. The Morgan fingerprint density at radius 1 is 1.30 bits per heavy atom. The highest BCUT2D eigenvalue weighted by atomic mass is 16.5. The van der Waals surface area contributed by atoms with Gasteiger partial charge in [-0.1, -0.05) is 0 Å².